The Balaban J connectivity index is 1.35. The van der Waals surface area contributed by atoms with Gasteiger partial charge in [-0.15, -0.1) is 0 Å². The fourth-order valence-electron chi connectivity index (χ4n) is 3.85. The SMILES string of the molecule is Cc1ccc2c(C(=O)NC3CCN(C(=O)N4CCCC4)CC3)cnn2c1. The lowest BCUT2D eigenvalue weighted by Gasteiger charge is -2.34. The summed E-state index contributed by atoms with van der Waals surface area (Å²) in [4.78, 5) is 29.0. The van der Waals surface area contributed by atoms with Gasteiger partial charge in [0.15, 0.2) is 0 Å². The first kappa shape index (κ1) is 16.9. The summed E-state index contributed by atoms with van der Waals surface area (Å²) in [7, 11) is 0. The Morgan fingerprint density at radius 2 is 1.77 bits per heavy atom. The van der Waals surface area contributed by atoms with Crippen molar-refractivity contribution in [1.82, 2.24) is 24.7 Å². The van der Waals surface area contributed by atoms with Gasteiger partial charge in [-0.2, -0.15) is 5.10 Å². The summed E-state index contributed by atoms with van der Waals surface area (Å²) in [5.74, 6) is -0.0897. The molecule has 3 amide bonds. The van der Waals surface area contributed by atoms with E-state index in [0.717, 1.165) is 49.9 Å². The number of nitrogens with one attached hydrogen (secondary N) is 1. The number of likely N-dealkylation sites (tertiary alicyclic amines) is 2. The second kappa shape index (κ2) is 6.97. The van der Waals surface area contributed by atoms with E-state index in [1.807, 2.05) is 35.1 Å². The highest BCUT2D eigenvalue weighted by Crippen LogP contribution is 2.17. The summed E-state index contributed by atoms with van der Waals surface area (Å²) in [5.41, 5.74) is 2.51. The van der Waals surface area contributed by atoms with Crippen molar-refractivity contribution >= 4 is 17.5 Å². The second-order valence-corrected chi connectivity index (χ2v) is 7.31. The van der Waals surface area contributed by atoms with Gasteiger partial charge in [0, 0.05) is 38.4 Å². The molecule has 4 rings (SSSR count). The number of fused-ring (bicyclic) bond motifs is 1. The van der Waals surface area contributed by atoms with E-state index in [1.54, 1.807) is 10.7 Å². The Morgan fingerprint density at radius 1 is 1.08 bits per heavy atom. The van der Waals surface area contributed by atoms with E-state index in [4.69, 9.17) is 0 Å². The molecule has 2 fully saturated rings. The van der Waals surface area contributed by atoms with Crippen molar-refractivity contribution in [2.45, 2.75) is 38.6 Å². The van der Waals surface area contributed by atoms with Gasteiger partial charge in [0.1, 0.15) is 0 Å². The van der Waals surface area contributed by atoms with Crippen molar-refractivity contribution < 1.29 is 9.59 Å². The molecule has 26 heavy (non-hydrogen) atoms. The Bertz CT molecular complexity index is 816. The predicted octanol–water partition coefficient (Wildman–Crippen LogP) is 2.05. The van der Waals surface area contributed by atoms with Crippen LogP contribution in [0, 0.1) is 6.92 Å². The maximum Gasteiger partial charge on any atom is 0.319 e. The zero-order valence-corrected chi connectivity index (χ0v) is 15.1. The predicted molar refractivity (Wildman–Crippen MR) is 98.2 cm³/mol. The molecule has 0 unspecified atom stereocenters. The zero-order chi connectivity index (χ0) is 18.1. The van der Waals surface area contributed by atoms with Gasteiger partial charge in [-0.25, -0.2) is 9.31 Å². The molecule has 2 aromatic rings. The van der Waals surface area contributed by atoms with Crippen LogP contribution in [-0.2, 0) is 0 Å². The Hall–Kier alpha value is -2.57. The number of urea groups is 1. The van der Waals surface area contributed by atoms with Crippen LogP contribution in [0.1, 0.15) is 41.6 Å². The molecule has 0 saturated carbocycles. The molecule has 0 aromatic carbocycles. The van der Waals surface area contributed by atoms with Crippen molar-refractivity contribution in [1.29, 1.82) is 0 Å². The van der Waals surface area contributed by atoms with Crippen LogP contribution in [0.4, 0.5) is 4.79 Å². The number of nitrogens with zero attached hydrogens (tertiary/aromatic N) is 4. The molecule has 2 aliphatic rings. The molecule has 7 heteroatoms. The fourth-order valence-corrected chi connectivity index (χ4v) is 3.85. The number of carbonyl (C=O) groups is 2. The molecule has 1 N–H and O–H groups in total. The van der Waals surface area contributed by atoms with E-state index >= 15 is 0 Å². The molecular formula is C19H25N5O2. The van der Waals surface area contributed by atoms with E-state index in [2.05, 4.69) is 10.4 Å². The van der Waals surface area contributed by atoms with Gasteiger partial charge >= 0.3 is 6.03 Å². The minimum Gasteiger partial charge on any atom is -0.349 e. The third kappa shape index (κ3) is 3.25. The number of carbonyl (C=O) groups excluding carboxylic acids is 2. The van der Waals surface area contributed by atoms with E-state index in [9.17, 15) is 9.59 Å². The molecule has 138 valence electrons. The van der Waals surface area contributed by atoms with Crippen LogP contribution in [0.5, 0.6) is 0 Å². The monoisotopic (exact) mass is 355 g/mol. The van der Waals surface area contributed by atoms with Crippen LogP contribution in [0.3, 0.4) is 0 Å². The van der Waals surface area contributed by atoms with Crippen molar-refractivity contribution in [3.63, 3.8) is 0 Å². The number of aryl methyl sites for hydroxylation is 1. The van der Waals surface area contributed by atoms with Gasteiger partial charge in [0.05, 0.1) is 17.3 Å². The van der Waals surface area contributed by atoms with E-state index in [1.165, 1.54) is 0 Å². The highest BCUT2D eigenvalue weighted by atomic mass is 16.2. The third-order valence-electron chi connectivity index (χ3n) is 5.39. The van der Waals surface area contributed by atoms with Crippen molar-refractivity contribution in [2.24, 2.45) is 0 Å². The van der Waals surface area contributed by atoms with Crippen LogP contribution in [0.15, 0.2) is 24.5 Å². The summed E-state index contributed by atoms with van der Waals surface area (Å²) >= 11 is 0. The van der Waals surface area contributed by atoms with Gasteiger partial charge in [0.25, 0.3) is 5.91 Å². The normalized spacial score (nSPS) is 18.5. The topological polar surface area (TPSA) is 70.0 Å². The van der Waals surface area contributed by atoms with E-state index in [-0.39, 0.29) is 18.0 Å². The quantitative estimate of drug-likeness (QED) is 0.896. The molecular weight excluding hydrogens is 330 g/mol. The average Bonchev–Trinajstić information content (AvgIpc) is 3.31. The van der Waals surface area contributed by atoms with E-state index in [0.29, 0.717) is 18.7 Å². The summed E-state index contributed by atoms with van der Waals surface area (Å²) in [6.45, 7) is 5.16. The lowest BCUT2D eigenvalue weighted by atomic mass is 10.0. The smallest absolute Gasteiger partial charge is 0.319 e. The lowest BCUT2D eigenvalue weighted by molar-refractivity contribution is 0.0914. The molecule has 2 aliphatic heterocycles. The third-order valence-corrected chi connectivity index (χ3v) is 5.39. The number of amides is 3. The van der Waals surface area contributed by atoms with Gasteiger partial charge in [-0.3, -0.25) is 4.79 Å². The van der Waals surface area contributed by atoms with Gasteiger partial charge in [0.2, 0.25) is 0 Å². The highest BCUT2D eigenvalue weighted by Gasteiger charge is 2.28. The zero-order valence-electron chi connectivity index (χ0n) is 15.1. The molecule has 0 spiro atoms. The van der Waals surface area contributed by atoms with Crippen molar-refractivity contribution in [2.75, 3.05) is 26.2 Å². The standard InChI is InChI=1S/C19H25N5O2/c1-14-4-5-17-16(12-20-24(17)13-14)18(25)21-15-6-10-23(11-7-15)19(26)22-8-2-3-9-22/h4-5,12-13,15H,2-3,6-11H2,1H3,(H,21,25). The van der Waals surface area contributed by atoms with Crippen LogP contribution >= 0.6 is 0 Å². The first-order chi connectivity index (χ1) is 12.6. The molecule has 0 aliphatic carbocycles. The minimum absolute atomic E-state index is 0.0897. The number of hydrogen-bond acceptors (Lipinski definition) is 3. The van der Waals surface area contributed by atoms with Crippen LogP contribution in [-0.4, -0.2) is 63.6 Å². The largest absolute Gasteiger partial charge is 0.349 e. The number of pyridine rings is 1. The van der Waals surface area contributed by atoms with Crippen LogP contribution < -0.4 is 5.32 Å². The van der Waals surface area contributed by atoms with Gasteiger partial charge in [-0.1, -0.05) is 6.07 Å². The summed E-state index contributed by atoms with van der Waals surface area (Å²) in [5, 5.41) is 7.38. The van der Waals surface area contributed by atoms with Gasteiger partial charge in [-0.05, 0) is 44.2 Å². The Labute approximate surface area is 152 Å². The Morgan fingerprint density at radius 3 is 2.50 bits per heavy atom. The summed E-state index contributed by atoms with van der Waals surface area (Å²) in [6, 6.07) is 4.17. The molecule has 4 heterocycles. The van der Waals surface area contributed by atoms with Gasteiger partial charge < -0.3 is 15.1 Å². The molecule has 7 nitrogen and oxygen atoms in total. The summed E-state index contributed by atoms with van der Waals surface area (Å²) in [6.07, 6.45) is 7.34. The number of aromatic nitrogens is 2. The molecule has 2 saturated heterocycles. The summed E-state index contributed by atoms with van der Waals surface area (Å²) < 4.78 is 1.74. The lowest BCUT2D eigenvalue weighted by Crippen LogP contribution is -2.50. The van der Waals surface area contributed by atoms with Crippen molar-refractivity contribution in [3.05, 3.63) is 35.7 Å². The Kier molecular flexibility index (Phi) is 4.53. The fraction of sp³-hybridized carbons (Fsp3) is 0.526. The molecule has 2 aromatic heterocycles. The molecule has 0 atom stereocenters. The first-order valence-electron chi connectivity index (χ1n) is 9.40. The van der Waals surface area contributed by atoms with E-state index < -0.39 is 0 Å². The number of piperidine rings is 1. The van der Waals surface area contributed by atoms with Crippen LogP contribution in [0.2, 0.25) is 0 Å². The molecule has 0 bridgehead atoms. The second-order valence-electron chi connectivity index (χ2n) is 7.31. The molecule has 0 radical (unpaired) electrons. The number of hydrogen-bond donors (Lipinski definition) is 1. The first-order valence-corrected chi connectivity index (χ1v) is 9.40. The van der Waals surface area contributed by atoms with Crippen LogP contribution in [0.25, 0.3) is 5.52 Å². The highest BCUT2D eigenvalue weighted by molar-refractivity contribution is 6.00. The maximum atomic E-state index is 12.6. The average molecular weight is 355 g/mol. The van der Waals surface area contributed by atoms with Crippen molar-refractivity contribution in [3.8, 4) is 0 Å². The number of rotatable bonds is 2. The minimum atomic E-state index is -0.0897. The maximum absolute atomic E-state index is 12.6.